The van der Waals surface area contributed by atoms with Crippen LogP contribution in [0.1, 0.15) is 22.3 Å². The second-order valence-corrected chi connectivity index (χ2v) is 13.4. The minimum absolute atomic E-state index is 0.698. The molecule has 0 spiro atoms. The average molecular weight is 695 g/mol. The first-order chi connectivity index (χ1) is 26.8. The van der Waals surface area contributed by atoms with E-state index in [0.717, 1.165) is 55.9 Å². The van der Waals surface area contributed by atoms with Crippen molar-refractivity contribution in [3.05, 3.63) is 217 Å². The summed E-state index contributed by atoms with van der Waals surface area (Å²) in [5.41, 5.74) is 13.4. The molecular weight excluding hydrogens is 661 g/mol. The zero-order chi connectivity index (χ0) is 35.8. The number of rotatable bonds is 7. The van der Waals surface area contributed by atoms with E-state index in [2.05, 4.69) is 176 Å². The molecule has 0 bridgehead atoms. The highest BCUT2D eigenvalue weighted by Crippen LogP contribution is 2.46. The topological polar surface area (TPSA) is 50.1 Å². The van der Waals surface area contributed by atoms with Crippen molar-refractivity contribution in [2.75, 3.05) is 16.5 Å². The normalized spacial score (nSPS) is 12.3. The third-order valence-electron chi connectivity index (χ3n) is 10.3. The van der Waals surface area contributed by atoms with Crippen LogP contribution < -0.4 is 9.80 Å². The van der Waals surface area contributed by atoms with Crippen LogP contribution in [0.2, 0.25) is 0 Å². The van der Waals surface area contributed by atoms with Crippen molar-refractivity contribution in [3.8, 4) is 5.82 Å². The predicted octanol–water partition coefficient (Wildman–Crippen LogP) is 11.2. The summed E-state index contributed by atoms with van der Waals surface area (Å²) in [7, 11) is 0. The van der Waals surface area contributed by atoms with Crippen molar-refractivity contribution in [1.82, 2.24) is 19.5 Å². The molecule has 5 aromatic carbocycles. The largest absolute Gasteiger partial charge is 0.321 e. The summed E-state index contributed by atoms with van der Waals surface area (Å²) in [4.78, 5) is 18.4. The maximum absolute atomic E-state index is 4.81. The fourth-order valence-corrected chi connectivity index (χ4v) is 7.90. The van der Waals surface area contributed by atoms with Crippen LogP contribution >= 0.6 is 0 Å². The van der Waals surface area contributed by atoms with Crippen LogP contribution in [0.3, 0.4) is 0 Å². The first-order valence-electron chi connectivity index (χ1n) is 18.1. The van der Waals surface area contributed by atoms with Crippen LogP contribution in [0, 0.1) is 0 Å². The summed E-state index contributed by atoms with van der Waals surface area (Å²) in [5.74, 6) is 0.882. The van der Waals surface area contributed by atoms with Crippen LogP contribution in [0.4, 0.5) is 22.7 Å². The molecule has 0 fully saturated rings. The van der Waals surface area contributed by atoms with E-state index in [4.69, 9.17) is 4.98 Å². The van der Waals surface area contributed by atoms with Crippen molar-refractivity contribution in [3.63, 3.8) is 0 Å². The lowest BCUT2D eigenvalue weighted by atomic mass is 9.86. The van der Waals surface area contributed by atoms with Gasteiger partial charge in [-0.15, -0.1) is 0 Å². The van der Waals surface area contributed by atoms with E-state index in [-0.39, 0.29) is 0 Å². The number of para-hydroxylation sites is 4. The zero-order valence-electron chi connectivity index (χ0n) is 29.4. The molecule has 0 N–H and O–H groups in total. The van der Waals surface area contributed by atoms with Crippen molar-refractivity contribution >= 4 is 55.7 Å². The van der Waals surface area contributed by atoms with Gasteiger partial charge in [-0.3, -0.25) is 14.5 Å². The van der Waals surface area contributed by atoms with Crippen LogP contribution in [0.5, 0.6) is 0 Å². The fourth-order valence-electron chi connectivity index (χ4n) is 7.90. The fraction of sp³-hybridized carbons (Fsp3) is 0.0208. The van der Waals surface area contributed by atoms with Crippen molar-refractivity contribution in [2.45, 2.75) is 0 Å². The molecular formula is C48H34N6. The minimum atomic E-state index is 0.698. The predicted molar refractivity (Wildman–Crippen MR) is 221 cm³/mol. The van der Waals surface area contributed by atoms with Gasteiger partial charge >= 0.3 is 0 Å². The van der Waals surface area contributed by atoms with E-state index in [1.807, 2.05) is 43.1 Å². The van der Waals surface area contributed by atoms with Crippen molar-refractivity contribution in [1.29, 1.82) is 0 Å². The Morgan fingerprint density at radius 2 is 1.00 bits per heavy atom. The molecule has 10 rings (SSSR count). The molecule has 256 valence electrons. The molecule has 4 aromatic heterocycles. The molecule has 1 aliphatic rings. The van der Waals surface area contributed by atoms with Gasteiger partial charge in [-0.2, -0.15) is 0 Å². The molecule has 6 heteroatoms. The summed E-state index contributed by atoms with van der Waals surface area (Å²) >= 11 is 0. The Balaban J connectivity index is 1.22. The van der Waals surface area contributed by atoms with E-state index < -0.39 is 0 Å². The van der Waals surface area contributed by atoms with Gasteiger partial charge in [-0.1, -0.05) is 78.9 Å². The SMILES string of the molecule is c1ccc(N2CN(c3cccc(C(=C(c4ccncc4)c4ccncc4)c4ccc5c6ccccc6n(-c6ccccn6)c5c4)c3)c3ccccc32)cc1. The quantitative estimate of drug-likeness (QED) is 0.166. The molecule has 0 unspecified atom stereocenters. The first-order valence-corrected chi connectivity index (χ1v) is 18.1. The van der Waals surface area contributed by atoms with Gasteiger partial charge in [0.05, 0.1) is 22.4 Å². The molecule has 6 nitrogen and oxygen atoms in total. The average Bonchev–Trinajstić information content (AvgIpc) is 3.80. The lowest BCUT2D eigenvalue weighted by Gasteiger charge is -2.24. The Morgan fingerprint density at radius 3 is 1.72 bits per heavy atom. The van der Waals surface area contributed by atoms with E-state index in [9.17, 15) is 0 Å². The summed E-state index contributed by atoms with van der Waals surface area (Å²) in [6.45, 7) is 0.698. The number of fused-ring (bicyclic) bond motifs is 4. The van der Waals surface area contributed by atoms with Crippen LogP contribution in [-0.2, 0) is 0 Å². The molecule has 0 amide bonds. The number of hydrogen-bond donors (Lipinski definition) is 0. The highest BCUT2D eigenvalue weighted by atomic mass is 15.4. The third-order valence-corrected chi connectivity index (χ3v) is 10.3. The maximum atomic E-state index is 4.81. The zero-order valence-corrected chi connectivity index (χ0v) is 29.4. The number of hydrogen-bond acceptors (Lipinski definition) is 5. The van der Waals surface area contributed by atoms with E-state index in [1.54, 1.807) is 0 Å². The molecule has 0 saturated carbocycles. The summed E-state index contributed by atoms with van der Waals surface area (Å²) in [6.07, 6.45) is 9.33. The van der Waals surface area contributed by atoms with Gasteiger partial charge < -0.3 is 9.80 Å². The molecule has 9 aromatic rings. The molecule has 0 saturated heterocycles. The molecule has 54 heavy (non-hydrogen) atoms. The lowest BCUT2D eigenvalue weighted by molar-refractivity contribution is 0.991. The van der Waals surface area contributed by atoms with Gasteiger partial charge in [0.2, 0.25) is 0 Å². The van der Waals surface area contributed by atoms with Crippen molar-refractivity contribution < 1.29 is 0 Å². The standard InChI is InChI=1S/C48H34N6/c1-2-12-38(13-3-1)52-33-53(44-18-7-6-17-43(44)52)39-14-10-11-36(31-39)48(47(34-22-27-49-28-23-34)35-24-29-50-30-25-35)37-20-21-41-40-15-4-5-16-42(40)54(45(41)32-37)46-19-8-9-26-51-46/h1-32H,33H2. The van der Waals surface area contributed by atoms with Gasteiger partial charge in [0, 0.05) is 53.1 Å². The van der Waals surface area contributed by atoms with Crippen LogP contribution in [-0.4, -0.2) is 26.2 Å². The lowest BCUT2D eigenvalue weighted by Crippen LogP contribution is -2.23. The number of pyridine rings is 3. The summed E-state index contributed by atoms with van der Waals surface area (Å²) < 4.78 is 2.28. The number of aromatic nitrogens is 4. The molecule has 0 aliphatic carbocycles. The van der Waals surface area contributed by atoms with Gasteiger partial charge in [0.1, 0.15) is 12.5 Å². The van der Waals surface area contributed by atoms with Crippen LogP contribution in [0.25, 0.3) is 38.8 Å². The maximum Gasteiger partial charge on any atom is 0.137 e. The Bertz CT molecular complexity index is 2750. The molecule has 5 heterocycles. The molecule has 1 aliphatic heterocycles. The number of anilines is 4. The van der Waals surface area contributed by atoms with E-state index in [1.165, 1.54) is 27.8 Å². The van der Waals surface area contributed by atoms with Gasteiger partial charge in [0.15, 0.2) is 0 Å². The van der Waals surface area contributed by atoms with E-state index >= 15 is 0 Å². The summed E-state index contributed by atoms with van der Waals surface area (Å²) in [6, 6.07) is 58.1. The van der Waals surface area contributed by atoms with E-state index in [0.29, 0.717) is 6.67 Å². The Labute approximate surface area is 313 Å². The smallest absolute Gasteiger partial charge is 0.137 e. The highest BCUT2D eigenvalue weighted by Gasteiger charge is 2.28. The third kappa shape index (κ3) is 5.40. The Morgan fingerprint density at radius 1 is 0.407 bits per heavy atom. The summed E-state index contributed by atoms with van der Waals surface area (Å²) in [5, 5.41) is 2.37. The molecule has 0 atom stereocenters. The highest BCUT2D eigenvalue weighted by molar-refractivity contribution is 6.12. The Hall–Kier alpha value is -7.31. The van der Waals surface area contributed by atoms with Crippen LogP contribution in [0.15, 0.2) is 195 Å². The van der Waals surface area contributed by atoms with Gasteiger partial charge in [-0.25, -0.2) is 4.98 Å². The first kappa shape index (κ1) is 31.4. The minimum Gasteiger partial charge on any atom is -0.321 e. The van der Waals surface area contributed by atoms with Gasteiger partial charge in [0.25, 0.3) is 0 Å². The number of benzene rings is 5. The number of nitrogens with zero attached hydrogens (tertiary/aromatic N) is 6. The second-order valence-electron chi connectivity index (χ2n) is 13.4. The Kier molecular flexibility index (Phi) is 7.77. The second kappa shape index (κ2) is 13.3. The van der Waals surface area contributed by atoms with Crippen molar-refractivity contribution in [2.24, 2.45) is 0 Å². The van der Waals surface area contributed by atoms with Gasteiger partial charge in [-0.05, 0) is 118 Å². The monoisotopic (exact) mass is 694 g/mol. The molecule has 0 radical (unpaired) electrons.